The molecule has 0 saturated carbocycles. The Bertz CT molecular complexity index is 815. The number of amides is 1. The molecular formula is C19H17ClN2OS. The second-order valence-corrected chi connectivity index (χ2v) is 6.86. The molecular weight excluding hydrogens is 340 g/mol. The molecule has 0 aliphatic rings. The van der Waals surface area contributed by atoms with Crippen LogP contribution in [-0.2, 0) is 17.8 Å². The quantitative estimate of drug-likeness (QED) is 0.665. The van der Waals surface area contributed by atoms with Crippen molar-refractivity contribution in [3.05, 3.63) is 76.3 Å². The summed E-state index contributed by atoms with van der Waals surface area (Å²) in [4.78, 5) is 18.7. The number of rotatable bonds is 5. The van der Waals surface area contributed by atoms with E-state index in [2.05, 4.69) is 4.98 Å². The van der Waals surface area contributed by atoms with Gasteiger partial charge in [-0.25, -0.2) is 4.98 Å². The highest BCUT2D eigenvalue weighted by Crippen LogP contribution is 2.25. The molecule has 122 valence electrons. The average molecular weight is 357 g/mol. The summed E-state index contributed by atoms with van der Waals surface area (Å²) >= 11 is 7.45. The Kier molecular flexibility index (Phi) is 5.28. The number of likely N-dealkylation sites (N-methyl/N-ethyl adjacent to an activating group) is 1. The Hall–Kier alpha value is -2.17. The summed E-state index contributed by atoms with van der Waals surface area (Å²) in [5.41, 5.74) is 2.93. The lowest BCUT2D eigenvalue weighted by Gasteiger charge is -2.16. The molecule has 0 aliphatic heterocycles. The van der Waals surface area contributed by atoms with Crippen LogP contribution in [0, 0.1) is 0 Å². The van der Waals surface area contributed by atoms with Crippen LogP contribution in [0.3, 0.4) is 0 Å². The van der Waals surface area contributed by atoms with Crippen LogP contribution in [0.4, 0.5) is 0 Å². The summed E-state index contributed by atoms with van der Waals surface area (Å²) < 4.78 is 0. The van der Waals surface area contributed by atoms with Gasteiger partial charge in [0.2, 0.25) is 5.91 Å². The van der Waals surface area contributed by atoms with Gasteiger partial charge in [-0.15, -0.1) is 11.3 Å². The van der Waals surface area contributed by atoms with Gasteiger partial charge in [-0.3, -0.25) is 4.79 Å². The van der Waals surface area contributed by atoms with E-state index in [1.165, 1.54) is 0 Å². The van der Waals surface area contributed by atoms with Gasteiger partial charge < -0.3 is 4.90 Å². The van der Waals surface area contributed by atoms with Gasteiger partial charge >= 0.3 is 0 Å². The number of aromatic nitrogens is 1. The molecule has 1 amide bonds. The molecule has 0 aliphatic carbocycles. The molecule has 0 bridgehead atoms. The lowest BCUT2D eigenvalue weighted by atomic mass is 10.2. The van der Waals surface area contributed by atoms with Gasteiger partial charge in [-0.05, 0) is 17.7 Å². The number of nitrogens with zero attached hydrogens (tertiary/aromatic N) is 2. The molecule has 1 heterocycles. The van der Waals surface area contributed by atoms with Crippen molar-refractivity contribution in [3.63, 3.8) is 0 Å². The van der Waals surface area contributed by atoms with Gasteiger partial charge in [-0.2, -0.15) is 0 Å². The largest absolute Gasteiger partial charge is 0.341 e. The van der Waals surface area contributed by atoms with Gasteiger partial charge in [0, 0.05) is 29.6 Å². The molecule has 0 spiro atoms. The average Bonchev–Trinajstić information content (AvgIpc) is 3.05. The molecule has 0 N–H and O–H groups in total. The fraction of sp³-hybridized carbons (Fsp3) is 0.158. The predicted octanol–water partition coefficient (Wildman–Crippen LogP) is 4.66. The number of halogens is 1. The number of hydrogen-bond acceptors (Lipinski definition) is 3. The first-order valence-electron chi connectivity index (χ1n) is 7.60. The van der Waals surface area contributed by atoms with Crippen molar-refractivity contribution in [2.24, 2.45) is 0 Å². The molecule has 0 atom stereocenters. The Morgan fingerprint density at radius 1 is 1.12 bits per heavy atom. The van der Waals surface area contributed by atoms with Crippen LogP contribution < -0.4 is 0 Å². The third-order valence-corrected chi connectivity index (χ3v) is 4.86. The second kappa shape index (κ2) is 7.60. The van der Waals surface area contributed by atoms with Crippen molar-refractivity contribution in [2.45, 2.75) is 13.0 Å². The molecule has 0 radical (unpaired) electrons. The topological polar surface area (TPSA) is 33.2 Å². The van der Waals surface area contributed by atoms with Crippen molar-refractivity contribution < 1.29 is 4.79 Å². The van der Waals surface area contributed by atoms with Crippen LogP contribution in [0.1, 0.15) is 11.3 Å². The van der Waals surface area contributed by atoms with E-state index >= 15 is 0 Å². The van der Waals surface area contributed by atoms with Gasteiger partial charge in [0.15, 0.2) is 0 Å². The van der Waals surface area contributed by atoms with Crippen LogP contribution in [0.5, 0.6) is 0 Å². The second-order valence-electron chi connectivity index (χ2n) is 5.56. The highest BCUT2D eigenvalue weighted by Gasteiger charge is 2.13. The van der Waals surface area contributed by atoms with Crippen LogP contribution in [-0.4, -0.2) is 22.8 Å². The standard InChI is InChI=1S/C19H17ClN2OS/c1-22(12-14-5-3-2-4-6-14)18(23)11-17-13-24-19(21-17)15-7-9-16(20)10-8-15/h2-10,13H,11-12H2,1H3. The minimum Gasteiger partial charge on any atom is -0.341 e. The van der Waals surface area contributed by atoms with E-state index in [1.54, 1.807) is 16.2 Å². The first-order valence-corrected chi connectivity index (χ1v) is 8.86. The van der Waals surface area contributed by atoms with E-state index in [-0.39, 0.29) is 5.91 Å². The van der Waals surface area contributed by atoms with Crippen molar-refractivity contribution in [2.75, 3.05) is 7.05 Å². The minimum absolute atomic E-state index is 0.0619. The smallest absolute Gasteiger partial charge is 0.228 e. The molecule has 1 aromatic heterocycles. The zero-order valence-electron chi connectivity index (χ0n) is 13.3. The first-order chi connectivity index (χ1) is 11.6. The van der Waals surface area contributed by atoms with E-state index < -0.39 is 0 Å². The summed E-state index contributed by atoms with van der Waals surface area (Å²) in [5.74, 6) is 0.0619. The number of hydrogen-bond donors (Lipinski definition) is 0. The molecule has 0 saturated heterocycles. The zero-order chi connectivity index (χ0) is 16.9. The summed E-state index contributed by atoms with van der Waals surface area (Å²) in [6, 6.07) is 17.5. The highest BCUT2D eigenvalue weighted by molar-refractivity contribution is 7.13. The number of benzene rings is 2. The van der Waals surface area contributed by atoms with E-state index in [0.29, 0.717) is 18.0 Å². The van der Waals surface area contributed by atoms with Crippen LogP contribution >= 0.6 is 22.9 Å². The number of carbonyl (C=O) groups excluding carboxylic acids is 1. The van der Waals surface area contributed by atoms with E-state index in [9.17, 15) is 4.79 Å². The molecule has 3 rings (SSSR count). The van der Waals surface area contributed by atoms with Gasteiger partial charge in [0.05, 0.1) is 12.1 Å². The normalized spacial score (nSPS) is 10.6. The summed E-state index contributed by atoms with van der Waals surface area (Å²) in [5, 5.41) is 3.55. The number of thiazole rings is 1. The van der Waals surface area contributed by atoms with Crippen LogP contribution in [0.2, 0.25) is 5.02 Å². The van der Waals surface area contributed by atoms with Crippen LogP contribution in [0.15, 0.2) is 60.0 Å². The molecule has 5 heteroatoms. The predicted molar refractivity (Wildman–Crippen MR) is 99.2 cm³/mol. The lowest BCUT2D eigenvalue weighted by Crippen LogP contribution is -2.27. The van der Waals surface area contributed by atoms with Gasteiger partial charge in [0.25, 0.3) is 0 Å². The van der Waals surface area contributed by atoms with Crippen molar-refractivity contribution in [1.82, 2.24) is 9.88 Å². The minimum atomic E-state index is 0.0619. The zero-order valence-corrected chi connectivity index (χ0v) is 14.8. The highest BCUT2D eigenvalue weighted by atomic mass is 35.5. The lowest BCUT2D eigenvalue weighted by molar-refractivity contribution is -0.129. The molecule has 3 aromatic rings. The molecule has 0 fully saturated rings. The van der Waals surface area contributed by atoms with Crippen molar-refractivity contribution in [1.29, 1.82) is 0 Å². The fourth-order valence-corrected chi connectivity index (χ4v) is 3.30. The van der Waals surface area contributed by atoms with Gasteiger partial charge in [0.1, 0.15) is 5.01 Å². The summed E-state index contributed by atoms with van der Waals surface area (Å²) in [7, 11) is 1.82. The van der Waals surface area contributed by atoms with Crippen molar-refractivity contribution in [3.8, 4) is 10.6 Å². The Balaban J connectivity index is 1.63. The van der Waals surface area contributed by atoms with Crippen LogP contribution in [0.25, 0.3) is 10.6 Å². The van der Waals surface area contributed by atoms with E-state index in [4.69, 9.17) is 11.6 Å². The fourth-order valence-electron chi connectivity index (χ4n) is 2.35. The summed E-state index contributed by atoms with van der Waals surface area (Å²) in [6.45, 7) is 0.605. The monoisotopic (exact) mass is 356 g/mol. The summed E-state index contributed by atoms with van der Waals surface area (Å²) in [6.07, 6.45) is 0.313. The Labute approximate surface area is 150 Å². The van der Waals surface area contributed by atoms with E-state index in [1.807, 2.05) is 67.0 Å². The maximum Gasteiger partial charge on any atom is 0.228 e. The molecule has 3 nitrogen and oxygen atoms in total. The Morgan fingerprint density at radius 2 is 1.83 bits per heavy atom. The maximum absolute atomic E-state index is 12.4. The molecule has 24 heavy (non-hydrogen) atoms. The van der Waals surface area contributed by atoms with Gasteiger partial charge in [-0.1, -0.05) is 54.1 Å². The Morgan fingerprint density at radius 3 is 2.54 bits per heavy atom. The molecule has 2 aromatic carbocycles. The maximum atomic E-state index is 12.4. The third kappa shape index (κ3) is 4.22. The number of carbonyl (C=O) groups is 1. The third-order valence-electron chi connectivity index (χ3n) is 3.66. The first kappa shape index (κ1) is 16.7. The molecule has 0 unspecified atom stereocenters. The SMILES string of the molecule is CN(Cc1ccccc1)C(=O)Cc1csc(-c2ccc(Cl)cc2)n1. The van der Waals surface area contributed by atoms with Crippen molar-refractivity contribution >= 4 is 28.8 Å². The van der Waals surface area contributed by atoms with E-state index in [0.717, 1.165) is 21.8 Å².